The van der Waals surface area contributed by atoms with Crippen molar-refractivity contribution >= 4 is 5.90 Å². The van der Waals surface area contributed by atoms with Crippen molar-refractivity contribution in [3.8, 4) is 0 Å². The van der Waals surface area contributed by atoms with E-state index in [-0.39, 0.29) is 17.6 Å². The highest BCUT2D eigenvalue weighted by molar-refractivity contribution is 5.85. The van der Waals surface area contributed by atoms with Crippen molar-refractivity contribution in [1.82, 2.24) is 0 Å². The number of rotatable bonds is 1. The molecule has 0 bridgehead atoms. The van der Waals surface area contributed by atoms with Crippen LogP contribution in [0.2, 0.25) is 0 Å². The Bertz CT molecular complexity index is 616. The van der Waals surface area contributed by atoms with Crippen LogP contribution >= 0.6 is 0 Å². The molecule has 2 aliphatic heterocycles. The largest absolute Gasteiger partial charge is 0.493 e. The molecule has 4 nitrogen and oxygen atoms in total. The molecule has 1 spiro atoms. The summed E-state index contributed by atoms with van der Waals surface area (Å²) in [6.45, 7) is 2.21. The molecule has 2 heterocycles. The van der Waals surface area contributed by atoms with Gasteiger partial charge in [-0.15, -0.1) is 0 Å². The lowest BCUT2D eigenvalue weighted by Crippen LogP contribution is -2.37. The third kappa shape index (κ3) is 1.87. The fourth-order valence-electron chi connectivity index (χ4n) is 4.33. The molecule has 0 saturated heterocycles. The highest BCUT2D eigenvalue weighted by Crippen LogP contribution is 2.55. The van der Waals surface area contributed by atoms with Gasteiger partial charge in [0.1, 0.15) is 17.3 Å². The van der Waals surface area contributed by atoms with Crippen LogP contribution in [0.5, 0.6) is 0 Å². The number of methoxy groups -OCH3 is 1. The maximum atomic E-state index is 10.2. The van der Waals surface area contributed by atoms with Gasteiger partial charge in [0.05, 0.1) is 19.3 Å². The van der Waals surface area contributed by atoms with E-state index in [1.807, 2.05) is 0 Å². The van der Waals surface area contributed by atoms with Crippen LogP contribution in [0.4, 0.5) is 0 Å². The first-order chi connectivity index (χ1) is 10.7. The van der Waals surface area contributed by atoms with Crippen molar-refractivity contribution in [3.63, 3.8) is 0 Å². The molecule has 0 saturated carbocycles. The summed E-state index contributed by atoms with van der Waals surface area (Å²) in [6, 6.07) is -0.0718. The predicted octanol–water partition coefficient (Wildman–Crippen LogP) is 2.70. The third-order valence-electron chi connectivity index (χ3n) is 5.36. The van der Waals surface area contributed by atoms with Crippen LogP contribution in [0.15, 0.2) is 34.0 Å². The molecule has 4 aliphatic rings. The molecule has 0 aromatic heterocycles. The zero-order chi connectivity index (χ0) is 15.3. The summed E-state index contributed by atoms with van der Waals surface area (Å²) in [5.74, 6) is 1.46. The maximum Gasteiger partial charge on any atom is 0.470 e. The average Bonchev–Trinajstić information content (AvgIpc) is 2.74. The summed E-state index contributed by atoms with van der Waals surface area (Å²) in [5.41, 5.74) is 2.46. The van der Waals surface area contributed by atoms with Gasteiger partial charge in [0.2, 0.25) is 0 Å². The lowest BCUT2D eigenvalue weighted by molar-refractivity contribution is 0.0674. The smallest absolute Gasteiger partial charge is 0.470 e. The molecule has 0 amide bonds. The first-order valence-electron chi connectivity index (χ1n) is 8.18. The molecule has 1 N–H and O–H groups in total. The molecule has 4 rings (SSSR count). The van der Waals surface area contributed by atoms with Crippen LogP contribution < -0.4 is 0 Å². The van der Waals surface area contributed by atoms with E-state index in [0.29, 0.717) is 18.7 Å². The van der Waals surface area contributed by atoms with E-state index in [4.69, 9.17) is 9.47 Å². The van der Waals surface area contributed by atoms with E-state index in [1.165, 1.54) is 11.1 Å². The Balaban J connectivity index is 1.89. The minimum Gasteiger partial charge on any atom is -0.493 e. The quantitative estimate of drug-likeness (QED) is 0.598. The van der Waals surface area contributed by atoms with E-state index < -0.39 is 6.10 Å². The van der Waals surface area contributed by atoms with Crippen LogP contribution in [-0.4, -0.2) is 36.4 Å². The Labute approximate surface area is 131 Å². The number of hydrogen-bond acceptors (Lipinski definition) is 4. The highest BCUT2D eigenvalue weighted by atomic mass is 16.5. The fourth-order valence-corrected chi connectivity index (χ4v) is 4.33. The van der Waals surface area contributed by atoms with Gasteiger partial charge in [-0.25, -0.2) is 0 Å². The molecule has 0 radical (unpaired) electrons. The minimum atomic E-state index is -0.393. The Kier molecular flexibility index (Phi) is 3.14. The second-order valence-corrected chi connectivity index (χ2v) is 6.61. The summed E-state index contributed by atoms with van der Waals surface area (Å²) in [7, 11) is 1.62. The number of aliphatic hydroxyl groups excluding tert-OH is 1. The summed E-state index contributed by atoms with van der Waals surface area (Å²) in [4.78, 5) is 4.67. The molecular weight excluding hydrogens is 278 g/mol. The van der Waals surface area contributed by atoms with E-state index in [9.17, 15) is 5.11 Å². The van der Waals surface area contributed by atoms with Crippen LogP contribution in [0.3, 0.4) is 0 Å². The lowest BCUT2D eigenvalue weighted by Gasteiger charge is -2.34. The van der Waals surface area contributed by atoms with Crippen molar-refractivity contribution in [2.45, 2.75) is 57.3 Å². The number of aliphatic imine (C=N–C) groups is 1. The van der Waals surface area contributed by atoms with Gasteiger partial charge in [-0.1, -0.05) is 18.6 Å². The molecule has 2 aliphatic carbocycles. The monoisotopic (exact) mass is 300 g/mol. The van der Waals surface area contributed by atoms with Gasteiger partial charge in [0, 0.05) is 18.4 Å². The molecule has 22 heavy (non-hydrogen) atoms. The number of nitrogens with zero attached hydrogens (tertiary/aromatic N) is 1. The summed E-state index contributed by atoms with van der Waals surface area (Å²) in [5, 5.41) is 10.2. The van der Waals surface area contributed by atoms with E-state index in [0.717, 1.165) is 25.0 Å². The standard InChI is InChI=1S/C18H22NO3/c1-3-11-4-5-15-18(10-11)7-6-16(21-2)19-13-8-12(20)9-14(22-15)17(13)18/h7,10,12-13,15,20H,3-5,8-9H2,1-2H3/q+1/t12-,13-,15+,18?/m0/s1. The zero-order valence-electron chi connectivity index (χ0n) is 13.1. The van der Waals surface area contributed by atoms with Crippen molar-refractivity contribution < 1.29 is 14.6 Å². The average molecular weight is 300 g/mol. The SMILES string of the molecule is CCC1=CC23C=[C+]C(OC)=N[C@H]4C[C@H](O)CC(=C42)O[C@@H]3CC1. The molecule has 0 aromatic carbocycles. The Morgan fingerprint density at radius 3 is 3.18 bits per heavy atom. The van der Waals surface area contributed by atoms with Gasteiger partial charge in [-0.2, -0.15) is 4.99 Å². The summed E-state index contributed by atoms with van der Waals surface area (Å²) < 4.78 is 11.6. The van der Waals surface area contributed by atoms with Gasteiger partial charge >= 0.3 is 12.0 Å². The number of aliphatic hydroxyl groups is 1. The topological polar surface area (TPSA) is 51.0 Å². The molecular formula is C18H22NO3+. The lowest BCUT2D eigenvalue weighted by atomic mass is 9.66. The van der Waals surface area contributed by atoms with Crippen molar-refractivity contribution in [3.05, 3.63) is 35.1 Å². The van der Waals surface area contributed by atoms with Crippen molar-refractivity contribution in [2.75, 3.05) is 7.11 Å². The molecule has 1 unspecified atom stereocenters. The molecule has 0 aromatic rings. The Morgan fingerprint density at radius 2 is 2.41 bits per heavy atom. The van der Waals surface area contributed by atoms with Crippen LogP contribution in [0.25, 0.3) is 0 Å². The van der Waals surface area contributed by atoms with Gasteiger partial charge < -0.3 is 14.6 Å². The molecule has 4 heteroatoms. The van der Waals surface area contributed by atoms with E-state index >= 15 is 0 Å². The van der Waals surface area contributed by atoms with Crippen LogP contribution in [-0.2, 0) is 9.47 Å². The van der Waals surface area contributed by atoms with Gasteiger partial charge in [0.15, 0.2) is 6.08 Å². The van der Waals surface area contributed by atoms with Crippen molar-refractivity contribution in [1.29, 1.82) is 0 Å². The van der Waals surface area contributed by atoms with Crippen LogP contribution in [0, 0.1) is 11.5 Å². The molecule has 0 fully saturated rings. The van der Waals surface area contributed by atoms with Crippen molar-refractivity contribution in [2.24, 2.45) is 10.4 Å². The number of ether oxygens (including phenoxy) is 2. The first-order valence-corrected chi connectivity index (χ1v) is 8.18. The first kappa shape index (κ1) is 14.0. The minimum absolute atomic E-state index is 0.0718. The third-order valence-corrected chi connectivity index (χ3v) is 5.36. The fraction of sp³-hybridized carbons (Fsp3) is 0.611. The number of hydrogen-bond donors (Lipinski definition) is 1. The number of allylic oxidation sites excluding steroid dienone is 1. The second kappa shape index (κ2) is 4.94. The Morgan fingerprint density at radius 1 is 1.55 bits per heavy atom. The zero-order valence-corrected chi connectivity index (χ0v) is 13.1. The molecule has 4 atom stereocenters. The normalized spacial score (nSPS) is 39.0. The predicted molar refractivity (Wildman–Crippen MR) is 83.2 cm³/mol. The van der Waals surface area contributed by atoms with Crippen LogP contribution in [0.1, 0.15) is 39.0 Å². The summed E-state index contributed by atoms with van der Waals surface area (Å²) >= 11 is 0. The highest BCUT2D eigenvalue weighted by Gasteiger charge is 2.57. The maximum absolute atomic E-state index is 10.2. The van der Waals surface area contributed by atoms with Gasteiger partial charge in [0.25, 0.3) is 0 Å². The van der Waals surface area contributed by atoms with Gasteiger partial charge in [-0.3, -0.25) is 0 Å². The Hall–Kier alpha value is -1.64. The molecule has 116 valence electrons. The van der Waals surface area contributed by atoms with Gasteiger partial charge in [-0.05, 0) is 19.3 Å². The second-order valence-electron chi connectivity index (χ2n) is 6.61. The van der Waals surface area contributed by atoms with E-state index in [1.54, 1.807) is 7.11 Å². The van der Waals surface area contributed by atoms with E-state index in [2.05, 4.69) is 30.1 Å². The summed E-state index contributed by atoms with van der Waals surface area (Å²) in [6.07, 6.45) is 11.8.